The second-order valence-electron chi connectivity index (χ2n) is 8.28. The number of methoxy groups -OCH3 is 1. The molecular weight excluding hydrogens is 370 g/mol. The molecule has 2 aliphatic rings. The van der Waals surface area contributed by atoms with E-state index in [4.69, 9.17) is 4.74 Å². The van der Waals surface area contributed by atoms with Crippen molar-refractivity contribution in [2.75, 3.05) is 34.3 Å². The Morgan fingerprint density at radius 1 is 1.21 bits per heavy atom. The summed E-state index contributed by atoms with van der Waals surface area (Å²) in [4.78, 5) is 21.9. The van der Waals surface area contributed by atoms with Crippen molar-refractivity contribution in [3.05, 3.63) is 41.4 Å². The molecule has 0 bridgehead atoms. The average Bonchev–Trinajstić information content (AvgIpc) is 3.34. The molecule has 2 heterocycles. The van der Waals surface area contributed by atoms with Gasteiger partial charge in [0, 0.05) is 37.2 Å². The van der Waals surface area contributed by atoms with Crippen LogP contribution in [0.2, 0.25) is 0 Å². The molecule has 28 heavy (non-hydrogen) atoms. The molecule has 5 nitrogen and oxygen atoms in total. The molecule has 1 aromatic heterocycles. The van der Waals surface area contributed by atoms with E-state index in [2.05, 4.69) is 41.0 Å². The van der Waals surface area contributed by atoms with Crippen LogP contribution in [0, 0.1) is 11.8 Å². The number of rotatable bonds is 5. The molecule has 2 aromatic rings. The summed E-state index contributed by atoms with van der Waals surface area (Å²) in [5, 5.41) is 3.00. The number of amides is 1. The first kappa shape index (κ1) is 19.6. The van der Waals surface area contributed by atoms with E-state index < -0.39 is 0 Å². The van der Waals surface area contributed by atoms with Crippen LogP contribution in [-0.2, 0) is 16.0 Å². The van der Waals surface area contributed by atoms with E-state index in [-0.39, 0.29) is 12.0 Å². The Kier molecular flexibility index (Phi) is 5.80. The fraction of sp³-hybridized carbons (Fsp3) is 0.545. The van der Waals surface area contributed by atoms with Gasteiger partial charge in [0.1, 0.15) is 5.01 Å². The van der Waals surface area contributed by atoms with Gasteiger partial charge in [-0.05, 0) is 38.8 Å². The van der Waals surface area contributed by atoms with Gasteiger partial charge in [-0.2, -0.15) is 0 Å². The zero-order valence-corrected chi connectivity index (χ0v) is 17.7. The second-order valence-corrected chi connectivity index (χ2v) is 9.14. The van der Waals surface area contributed by atoms with Crippen LogP contribution in [0.3, 0.4) is 0 Å². The molecule has 2 fully saturated rings. The average molecular weight is 400 g/mol. The number of nitrogens with zero attached hydrogens (tertiary/aromatic N) is 3. The Balaban J connectivity index is 1.38. The van der Waals surface area contributed by atoms with Crippen molar-refractivity contribution in [2.24, 2.45) is 11.8 Å². The quantitative estimate of drug-likeness (QED) is 0.775. The van der Waals surface area contributed by atoms with Crippen LogP contribution in [0.25, 0.3) is 10.6 Å². The number of ether oxygens (including phenoxy) is 1. The fourth-order valence-electron chi connectivity index (χ4n) is 4.76. The lowest BCUT2D eigenvalue weighted by atomic mass is 9.77. The largest absolute Gasteiger partial charge is 0.380 e. The Labute approximate surface area is 171 Å². The summed E-state index contributed by atoms with van der Waals surface area (Å²) in [6.07, 6.45) is 2.81. The van der Waals surface area contributed by atoms with Gasteiger partial charge in [-0.25, -0.2) is 4.98 Å². The number of likely N-dealkylation sites (N-methyl/N-ethyl adjacent to an activating group) is 1. The van der Waals surface area contributed by atoms with Gasteiger partial charge < -0.3 is 14.5 Å². The lowest BCUT2D eigenvalue weighted by Crippen LogP contribution is -2.47. The summed E-state index contributed by atoms with van der Waals surface area (Å²) in [5.74, 6) is 1.34. The predicted octanol–water partition coefficient (Wildman–Crippen LogP) is 3.17. The molecule has 4 rings (SSSR count). The van der Waals surface area contributed by atoms with Crippen LogP contribution in [0.4, 0.5) is 0 Å². The lowest BCUT2D eigenvalue weighted by molar-refractivity contribution is -0.129. The highest BCUT2D eigenvalue weighted by Crippen LogP contribution is 2.39. The van der Waals surface area contributed by atoms with Crippen LogP contribution in [-0.4, -0.2) is 67.1 Å². The minimum Gasteiger partial charge on any atom is -0.380 e. The van der Waals surface area contributed by atoms with Crippen molar-refractivity contribution in [3.8, 4) is 10.6 Å². The number of benzene rings is 1. The molecular formula is C22H29N3O2S. The standard InChI is InChI=1S/C22H29N3O2S/c1-24(2)19-9-16-12-25(13-17(16)10-20(19)27-3)21(26)11-18-14-28-22(23-18)15-7-5-4-6-8-15/h4-8,14,16-17,19-20H,9-13H2,1-3H3/t16-,17+,19-,20-/m1/s1. The molecule has 1 saturated heterocycles. The highest BCUT2D eigenvalue weighted by atomic mass is 32.1. The third-order valence-corrected chi connectivity index (χ3v) is 7.25. The molecule has 150 valence electrons. The first-order valence-corrected chi connectivity index (χ1v) is 10.9. The van der Waals surface area contributed by atoms with E-state index in [1.54, 1.807) is 11.3 Å². The molecule has 4 atom stereocenters. The Hall–Kier alpha value is -1.76. The minimum absolute atomic E-state index is 0.203. The van der Waals surface area contributed by atoms with E-state index in [0.29, 0.717) is 24.3 Å². The Morgan fingerprint density at radius 2 is 1.93 bits per heavy atom. The van der Waals surface area contributed by atoms with E-state index in [1.807, 2.05) is 30.7 Å². The molecule has 0 spiro atoms. The van der Waals surface area contributed by atoms with E-state index in [9.17, 15) is 4.79 Å². The smallest absolute Gasteiger partial charge is 0.228 e. The van der Waals surface area contributed by atoms with Crippen molar-refractivity contribution >= 4 is 17.2 Å². The SMILES string of the molecule is CO[C@@H]1C[C@H]2CN(C(=O)Cc3csc(-c4ccccc4)n3)C[C@H]2C[C@H]1N(C)C. The van der Waals surface area contributed by atoms with Gasteiger partial charge in [-0.1, -0.05) is 30.3 Å². The molecule has 1 aliphatic heterocycles. The van der Waals surface area contributed by atoms with Crippen molar-refractivity contribution in [1.29, 1.82) is 0 Å². The third-order valence-electron chi connectivity index (χ3n) is 6.31. The van der Waals surface area contributed by atoms with Gasteiger partial charge in [0.15, 0.2) is 0 Å². The Morgan fingerprint density at radius 3 is 2.61 bits per heavy atom. The maximum absolute atomic E-state index is 12.9. The molecule has 6 heteroatoms. The summed E-state index contributed by atoms with van der Waals surface area (Å²) < 4.78 is 5.76. The molecule has 1 saturated carbocycles. The fourth-order valence-corrected chi connectivity index (χ4v) is 5.58. The number of carbonyl (C=O) groups excluding carboxylic acids is 1. The number of thiazole rings is 1. The van der Waals surface area contributed by atoms with E-state index in [0.717, 1.165) is 42.2 Å². The zero-order valence-electron chi connectivity index (χ0n) is 16.9. The third kappa shape index (κ3) is 4.00. The van der Waals surface area contributed by atoms with Gasteiger partial charge in [0.05, 0.1) is 18.2 Å². The number of carbonyl (C=O) groups is 1. The van der Waals surface area contributed by atoms with Gasteiger partial charge in [-0.3, -0.25) is 4.79 Å². The maximum atomic E-state index is 12.9. The number of likely N-dealkylation sites (tertiary alicyclic amines) is 1. The predicted molar refractivity (Wildman–Crippen MR) is 112 cm³/mol. The van der Waals surface area contributed by atoms with Gasteiger partial charge in [-0.15, -0.1) is 11.3 Å². The van der Waals surface area contributed by atoms with E-state index in [1.165, 1.54) is 0 Å². The van der Waals surface area contributed by atoms with Crippen LogP contribution in [0.1, 0.15) is 18.5 Å². The number of fused-ring (bicyclic) bond motifs is 1. The van der Waals surface area contributed by atoms with Crippen molar-refractivity contribution in [3.63, 3.8) is 0 Å². The summed E-state index contributed by atoms with van der Waals surface area (Å²) in [7, 11) is 6.06. The molecule has 0 unspecified atom stereocenters. The summed E-state index contributed by atoms with van der Waals surface area (Å²) in [6, 6.07) is 10.6. The minimum atomic E-state index is 0.203. The summed E-state index contributed by atoms with van der Waals surface area (Å²) in [5.41, 5.74) is 1.99. The maximum Gasteiger partial charge on any atom is 0.228 e. The van der Waals surface area contributed by atoms with Gasteiger partial charge in [0.25, 0.3) is 0 Å². The van der Waals surface area contributed by atoms with Crippen LogP contribution < -0.4 is 0 Å². The molecule has 1 aromatic carbocycles. The zero-order chi connectivity index (χ0) is 19.7. The topological polar surface area (TPSA) is 45.7 Å². The molecule has 1 amide bonds. The molecule has 0 N–H and O–H groups in total. The first-order valence-electron chi connectivity index (χ1n) is 10.0. The van der Waals surface area contributed by atoms with Gasteiger partial charge in [0.2, 0.25) is 5.91 Å². The van der Waals surface area contributed by atoms with Crippen LogP contribution in [0.5, 0.6) is 0 Å². The first-order chi connectivity index (χ1) is 13.5. The highest BCUT2D eigenvalue weighted by molar-refractivity contribution is 7.13. The van der Waals surface area contributed by atoms with Gasteiger partial charge >= 0.3 is 0 Å². The summed E-state index contributed by atoms with van der Waals surface area (Å²) in [6.45, 7) is 1.74. The number of hydrogen-bond acceptors (Lipinski definition) is 5. The highest BCUT2D eigenvalue weighted by Gasteiger charge is 2.44. The summed E-state index contributed by atoms with van der Waals surface area (Å²) >= 11 is 1.61. The molecule has 0 radical (unpaired) electrons. The normalized spacial score (nSPS) is 27.2. The molecule has 1 aliphatic carbocycles. The van der Waals surface area contributed by atoms with E-state index >= 15 is 0 Å². The second kappa shape index (κ2) is 8.31. The van der Waals surface area contributed by atoms with Crippen molar-refractivity contribution < 1.29 is 9.53 Å². The van der Waals surface area contributed by atoms with Crippen LogP contribution >= 0.6 is 11.3 Å². The monoisotopic (exact) mass is 399 g/mol. The number of hydrogen-bond donors (Lipinski definition) is 0. The van der Waals surface area contributed by atoms with Crippen LogP contribution in [0.15, 0.2) is 35.7 Å². The van der Waals surface area contributed by atoms with Crippen molar-refractivity contribution in [1.82, 2.24) is 14.8 Å². The number of aromatic nitrogens is 1. The van der Waals surface area contributed by atoms with Crippen molar-refractivity contribution in [2.45, 2.75) is 31.4 Å². The lowest BCUT2D eigenvalue weighted by Gasteiger charge is -2.40. The Bertz CT molecular complexity index is 807.